The third kappa shape index (κ3) is 42.9. The molecule has 0 aliphatic carbocycles. The van der Waals surface area contributed by atoms with E-state index in [4.69, 9.17) is 33.8 Å². The second kappa shape index (κ2) is 60.6. The van der Waals surface area contributed by atoms with E-state index in [0.717, 1.165) is 16.5 Å². The first-order valence-electron chi connectivity index (χ1n) is 48.1. The van der Waals surface area contributed by atoms with Crippen LogP contribution in [-0.4, -0.2) is 232 Å². The monoisotopic (exact) mass is 1950 g/mol. The Morgan fingerprint density at radius 1 is 0.370 bits per heavy atom. The molecule has 0 bridgehead atoms. The molecule has 0 saturated carbocycles. The molecule has 138 heavy (non-hydrogen) atoms. The van der Waals surface area contributed by atoms with Crippen LogP contribution in [0.1, 0.15) is 217 Å². The third-order valence-electron chi connectivity index (χ3n) is 23.1. The van der Waals surface area contributed by atoms with Gasteiger partial charge in [-0.05, 0) is 179 Å². The molecule has 0 fully saturated rings. The molecule has 1 heterocycles. The third-order valence-corrected chi connectivity index (χ3v) is 23.4. The fourth-order valence-corrected chi connectivity index (χ4v) is 15.8. The number of phenols is 1. The van der Waals surface area contributed by atoms with Crippen LogP contribution in [0.2, 0.25) is 0 Å². The summed E-state index contributed by atoms with van der Waals surface area (Å²) in [6.07, 6.45) is 3.03. The second-order valence-corrected chi connectivity index (χ2v) is 39.0. The number of aromatic amines is 1. The zero-order chi connectivity index (χ0) is 103. The lowest BCUT2D eigenvalue weighted by molar-refractivity contribution is -0.144. The average Bonchev–Trinajstić information content (AvgIpc) is 1.73. The first-order valence-corrected chi connectivity index (χ1v) is 48.8. The molecule has 4 rings (SSSR count). The Hall–Kier alpha value is -12.1. The zero-order valence-electron chi connectivity index (χ0n) is 83.0. The van der Waals surface area contributed by atoms with Crippen LogP contribution in [0, 0.1) is 58.2 Å². The summed E-state index contributed by atoms with van der Waals surface area (Å²) in [6, 6.07) is 1.63. The standard InChI is InChI=1S/C97H157N23O17S/c1-17-59(16)80(95(136)137)120-91(132)75(46-57(12)13)113-86(127)71(42-53(4)5)110-85(126)70(41-52(2)3)111-89(130)74(45-56(10)11)117-94(135)79(58(14)15)119-92(133)77(47-60-27-19-18-20-28-60)116-87(128)72(43-54(6)7)112-90(131)76(48-61-34-36-63(121)37-35-61)115-88(129)73(44-55(8)9)114-93(134)78(51-138)118-84(125)69(33-26-40-105-97(102)103)109-82(123)67(31-23-24-38-98)108-83(124)68(32-25-39-104-96(100)101)107-81(122)65(99)49-62-50-106-66-30-22-21-29-64(62)66/h18-22,27-30,34-37,50,52-59,65,67-80,106,121,138H,17,23-26,31-33,38-49,51,98-99H2,1-16H3,(H,107,122)(H,108,124)(H,109,123)(H,110,126)(H,111,130)(H,112,131)(H,113,127)(H,114,134)(H,115,129)(H,116,128)(H,117,135)(H,118,125)(H,119,133)(H,120,132)(H,136,137)(H4,100,101,104)(H4,102,103,105)/t59-,65-,67-,68-,69-,70-,71-,72-,73-,74-,75-,76-,77-,78-,79-,80-/m0/s1. The lowest BCUT2D eigenvalue weighted by Crippen LogP contribution is -2.62. The van der Waals surface area contributed by atoms with E-state index in [0.29, 0.717) is 30.4 Å². The smallest absolute Gasteiger partial charge is 0.326 e. The van der Waals surface area contributed by atoms with E-state index in [1.807, 2.05) is 79.7 Å². The van der Waals surface area contributed by atoms with Gasteiger partial charge in [-0.1, -0.05) is 178 Å². The summed E-state index contributed by atoms with van der Waals surface area (Å²) in [5.74, 6) is -16.3. The van der Waals surface area contributed by atoms with Gasteiger partial charge in [-0.3, -0.25) is 77.9 Å². The van der Waals surface area contributed by atoms with Crippen molar-refractivity contribution in [2.24, 2.45) is 70.3 Å². The van der Waals surface area contributed by atoms with E-state index in [2.05, 4.69) is 103 Å². The van der Waals surface area contributed by atoms with Crippen molar-refractivity contribution in [2.75, 3.05) is 25.4 Å². The topological polar surface area (TPSA) is 657 Å². The number of carboxylic acids is 1. The number of nitrogens with two attached hydrogens (primary N) is 4. The number of hydrogen-bond donors (Lipinski definition) is 26. The minimum atomic E-state index is -1.54. The normalized spacial score (nSPS) is 15.0. The number of thiol groups is 1. The highest BCUT2D eigenvalue weighted by atomic mass is 32.1. The average molecular weight is 1950 g/mol. The number of carbonyl (C=O) groups is 15. The minimum Gasteiger partial charge on any atom is -0.508 e. The number of unbranched alkanes of at least 4 members (excludes halogenated alkanes) is 1. The van der Waals surface area contributed by atoms with E-state index in [1.54, 1.807) is 91.9 Å². The molecule has 0 aliphatic heterocycles. The number of aromatic nitrogens is 1. The number of hydrogen-bond acceptors (Lipinski definition) is 21. The van der Waals surface area contributed by atoms with Gasteiger partial charge in [0.1, 0.15) is 90.3 Å². The molecule has 0 aliphatic rings. The zero-order valence-corrected chi connectivity index (χ0v) is 83.9. The second-order valence-electron chi connectivity index (χ2n) is 38.6. The van der Waals surface area contributed by atoms with Gasteiger partial charge < -0.3 is 123 Å². The molecule has 16 atom stereocenters. The van der Waals surface area contributed by atoms with Crippen LogP contribution in [0.5, 0.6) is 5.75 Å². The minimum absolute atomic E-state index is 0.00157. The lowest BCUT2D eigenvalue weighted by Gasteiger charge is -2.30. The van der Waals surface area contributed by atoms with Crippen LogP contribution in [-0.2, 0) is 91.2 Å². The maximum absolute atomic E-state index is 15.2. The summed E-state index contributed by atoms with van der Waals surface area (Å²) < 4.78 is 0. The van der Waals surface area contributed by atoms with E-state index in [9.17, 15) is 63.0 Å². The number of benzene rings is 3. The Balaban J connectivity index is 1.65. The molecular weight excluding hydrogens is 1790 g/mol. The molecule has 0 saturated heterocycles. The number of aromatic hydroxyl groups is 1. The van der Waals surface area contributed by atoms with E-state index in [-0.39, 0.29) is 168 Å². The molecule has 40 nitrogen and oxygen atoms in total. The number of phenolic OH excluding ortho intramolecular Hbond substituents is 1. The Morgan fingerprint density at radius 2 is 0.681 bits per heavy atom. The SMILES string of the molecule is CC[C@H](C)[C@H](NC(=O)[C@H](CC(C)C)NC(=O)[C@H](CC(C)C)NC(=O)[C@H](CC(C)C)NC(=O)[C@H](CC(C)C)NC(=O)[C@@H](NC(=O)[C@H](Cc1ccccc1)NC(=O)[C@H](CC(C)C)NC(=O)[C@H](Cc1ccc(O)cc1)NC(=O)[C@H](CC(C)C)NC(=O)[C@H](CS)NC(=O)[C@H](CCCNC(=N)N)NC(=O)[C@H](CCCCN)NC(=O)[C@H](CCCNC(=N)N)NC(=O)[C@@H](N)Cc1c[nH]c2ccccc12)C(C)C)C(=O)O. The summed E-state index contributed by atoms with van der Waals surface area (Å²) in [5, 5.41) is 80.5. The number of fused-ring (bicyclic) bond motifs is 1. The summed E-state index contributed by atoms with van der Waals surface area (Å²) in [4.78, 5) is 221. The van der Waals surface area contributed by atoms with Crippen LogP contribution >= 0.6 is 12.6 Å². The summed E-state index contributed by atoms with van der Waals surface area (Å²) >= 11 is 4.44. The molecule has 41 heteroatoms. The van der Waals surface area contributed by atoms with Crippen molar-refractivity contribution in [1.29, 1.82) is 10.8 Å². The number of nitrogens with one attached hydrogen (secondary N) is 19. The number of guanidine groups is 2. The molecule has 29 N–H and O–H groups in total. The van der Waals surface area contributed by atoms with Crippen LogP contribution in [0.25, 0.3) is 10.9 Å². The van der Waals surface area contributed by atoms with Crippen LogP contribution < -0.4 is 108 Å². The Labute approximate surface area is 816 Å². The number of carbonyl (C=O) groups excluding carboxylic acids is 14. The van der Waals surface area contributed by atoms with E-state index in [1.165, 1.54) is 24.3 Å². The summed E-state index contributed by atoms with van der Waals surface area (Å²) in [5.41, 5.74) is 26.1. The maximum Gasteiger partial charge on any atom is 0.326 e. The number of carboxylic acid groups (broad SMARTS) is 1. The van der Waals surface area contributed by atoms with Crippen molar-refractivity contribution in [1.82, 2.24) is 90.1 Å². The Morgan fingerprint density at radius 3 is 1.05 bits per heavy atom. The van der Waals surface area contributed by atoms with Gasteiger partial charge in [-0.2, -0.15) is 12.6 Å². The van der Waals surface area contributed by atoms with Crippen molar-refractivity contribution in [3.8, 4) is 5.75 Å². The number of H-pyrrole nitrogens is 1. The molecule has 768 valence electrons. The maximum atomic E-state index is 15.2. The van der Waals surface area contributed by atoms with Crippen LogP contribution in [0.4, 0.5) is 0 Å². The highest BCUT2D eigenvalue weighted by molar-refractivity contribution is 7.80. The quantitative estimate of drug-likeness (QED) is 0.0131. The van der Waals surface area contributed by atoms with Gasteiger partial charge in [0.2, 0.25) is 82.7 Å². The van der Waals surface area contributed by atoms with Crippen LogP contribution in [0.15, 0.2) is 85.1 Å². The van der Waals surface area contributed by atoms with Crippen molar-refractivity contribution < 1.29 is 82.1 Å². The predicted molar refractivity (Wildman–Crippen MR) is 533 cm³/mol. The van der Waals surface area contributed by atoms with E-state index >= 15 is 19.2 Å². The molecular formula is C97H157N23O17S. The van der Waals surface area contributed by atoms with Crippen LogP contribution in [0.3, 0.4) is 0 Å². The van der Waals surface area contributed by atoms with Crippen molar-refractivity contribution >= 4 is 124 Å². The fourth-order valence-electron chi connectivity index (χ4n) is 15.5. The Bertz CT molecular complexity index is 4630. The molecule has 14 amide bonds. The van der Waals surface area contributed by atoms with Crippen molar-refractivity contribution in [2.45, 2.75) is 311 Å². The Kier molecular flexibility index (Phi) is 51.8. The van der Waals surface area contributed by atoms with Gasteiger partial charge in [-0.15, -0.1) is 0 Å². The first-order chi connectivity index (χ1) is 65.0. The largest absolute Gasteiger partial charge is 0.508 e. The van der Waals surface area contributed by atoms with Gasteiger partial charge >= 0.3 is 5.97 Å². The number of rotatable bonds is 63. The van der Waals surface area contributed by atoms with Crippen molar-refractivity contribution in [3.63, 3.8) is 0 Å². The number of aliphatic carboxylic acids is 1. The molecule has 3 aromatic carbocycles. The summed E-state index contributed by atoms with van der Waals surface area (Å²) in [7, 11) is 0. The molecule has 0 spiro atoms. The first kappa shape index (κ1) is 118. The van der Waals surface area contributed by atoms with Gasteiger partial charge in [0.15, 0.2) is 11.9 Å². The van der Waals surface area contributed by atoms with E-state index < -0.39 is 191 Å². The number of amides is 14. The van der Waals surface area contributed by atoms with Crippen molar-refractivity contribution in [3.05, 3.63) is 102 Å². The molecule has 4 aromatic rings. The molecule has 0 radical (unpaired) electrons. The highest BCUT2D eigenvalue weighted by Gasteiger charge is 2.41. The van der Waals surface area contributed by atoms with Gasteiger partial charge in [0, 0.05) is 48.8 Å². The van der Waals surface area contributed by atoms with Gasteiger partial charge in [0.05, 0.1) is 6.04 Å². The molecule has 0 unspecified atom stereocenters. The predicted octanol–water partition coefficient (Wildman–Crippen LogP) is 2.66. The highest BCUT2D eigenvalue weighted by Crippen LogP contribution is 2.23. The number of para-hydroxylation sites is 1. The summed E-state index contributed by atoms with van der Waals surface area (Å²) in [6.45, 7) is 28.9. The molecule has 1 aromatic heterocycles. The van der Waals surface area contributed by atoms with Gasteiger partial charge in [-0.25, -0.2) is 4.79 Å². The van der Waals surface area contributed by atoms with Gasteiger partial charge in [0.25, 0.3) is 0 Å². The lowest BCUT2D eigenvalue weighted by atomic mass is 9.96. The fraction of sp³-hybridized carbons (Fsp3) is 0.619.